The summed E-state index contributed by atoms with van der Waals surface area (Å²) in [6.45, 7) is 1.08. The summed E-state index contributed by atoms with van der Waals surface area (Å²) in [5, 5.41) is 3.08. The molecule has 3 atom stereocenters. The van der Waals surface area contributed by atoms with Crippen LogP contribution in [0.15, 0.2) is 60.7 Å². The van der Waals surface area contributed by atoms with Crippen molar-refractivity contribution in [2.24, 2.45) is 5.73 Å². The summed E-state index contributed by atoms with van der Waals surface area (Å²) < 4.78 is 5.69. The van der Waals surface area contributed by atoms with Gasteiger partial charge in [0.2, 0.25) is 5.91 Å². The Labute approximate surface area is 161 Å². The molecule has 0 aromatic heterocycles. The molecule has 4 nitrogen and oxygen atoms in total. The van der Waals surface area contributed by atoms with Crippen LogP contribution in [-0.4, -0.2) is 31.2 Å². The van der Waals surface area contributed by atoms with Crippen molar-refractivity contribution in [3.63, 3.8) is 0 Å². The Kier molecular flexibility index (Phi) is 8.10. The Morgan fingerprint density at radius 3 is 2.35 bits per heavy atom. The summed E-state index contributed by atoms with van der Waals surface area (Å²) in [6.07, 6.45) is 2.16. The van der Waals surface area contributed by atoms with E-state index in [0.29, 0.717) is 13.1 Å². The van der Waals surface area contributed by atoms with Crippen molar-refractivity contribution in [3.8, 4) is 0 Å². The van der Waals surface area contributed by atoms with Crippen LogP contribution < -0.4 is 11.1 Å². The monoisotopic (exact) mass is 374 g/mol. The molecule has 2 aromatic rings. The number of ether oxygens (including phenoxy) is 1. The topological polar surface area (TPSA) is 64.4 Å². The van der Waals surface area contributed by atoms with Crippen LogP contribution in [-0.2, 0) is 16.0 Å². The summed E-state index contributed by atoms with van der Waals surface area (Å²) in [5.41, 5.74) is 8.13. The van der Waals surface area contributed by atoms with E-state index in [0.717, 1.165) is 19.3 Å². The van der Waals surface area contributed by atoms with E-state index >= 15 is 0 Å². The van der Waals surface area contributed by atoms with Crippen molar-refractivity contribution in [2.45, 2.75) is 37.4 Å². The van der Waals surface area contributed by atoms with Crippen LogP contribution in [0.2, 0.25) is 0 Å². The van der Waals surface area contributed by atoms with Crippen LogP contribution in [0.5, 0.6) is 0 Å². The van der Waals surface area contributed by atoms with E-state index in [9.17, 15) is 4.79 Å². The van der Waals surface area contributed by atoms with Gasteiger partial charge in [-0.2, -0.15) is 0 Å². The molecule has 26 heavy (non-hydrogen) atoms. The third-order valence-electron chi connectivity index (χ3n) is 4.78. The van der Waals surface area contributed by atoms with Gasteiger partial charge in [-0.3, -0.25) is 4.79 Å². The van der Waals surface area contributed by atoms with Gasteiger partial charge in [-0.25, -0.2) is 0 Å². The fraction of sp³-hybridized carbons (Fsp3) is 0.381. The number of benzene rings is 2. The smallest absolute Gasteiger partial charge is 0.249 e. The first kappa shape index (κ1) is 20.4. The molecule has 0 saturated carbocycles. The minimum atomic E-state index is -0.360. The number of hydrogen-bond donors (Lipinski definition) is 2. The van der Waals surface area contributed by atoms with E-state index in [1.807, 2.05) is 24.3 Å². The fourth-order valence-corrected chi connectivity index (χ4v) is 3.34. The van der Waals surface area contributed by atoms with E-state index in [4.69, 9.17) is 10.5 Å². The number of nitrogens with one attached hydrogen (secondary N) is 1. The highest BCUT2D eigenvalue weighted by Gasteiger charge is 2.30. The number of hydrogen-bond acceptors (Lipinski definition) is 3. The highest BCUT2D eigenvalue weighted by Crippen LogP contribution is 2.22. The molecule has 1 unspecified atom stereocenters. The largest absolute Gasteiger partial charge is 0.364 e. The Balaban J connectivity index is 0.00000243. The van der Waals surface area contributed by atoms with Gasteiger partial charge in [-0.05, 0) is 30.4 Å². The molecule has 2 aromatic carbocycles. The second-order valence-electron chi connectivity index (χ2n) is 6.60. The third kappa shape index (κ3) is 5.56. The lowest BCUT2D eigenvalue weighted by Crippen LogP contribution is -2.38. The molecule has 0 radical (unpaired) electrons. The van der Waals surface area contributed by atoms with Crippen molar-refractivity contribution in [2.75, 3.05) is 13.1 Å². The maximum absolute atomic E-state index is 12.4. The lowest BCUT2D eigenvalue weighted by molar-refractivity contribution is -0.131. The molecule has 5 heteroatoms. The van der Waals surface area contributed by atoms with Crippen LogP contribution in [0.3, 0.4) is 0 Å². The number of amides is 1. The minimum absolute atomic E-state index is 0. The summed E-state index contributed by atoms with van der Waals surface area (Å²) in [7, 11) is 0. The molecule has 1 aliphatic heterocycles. The van der Waals surface area contributed by atoms with Gasteiger partial charge in [-0.1, -0.05) is 60.7 Å². The standard InChI is InChI=1S/C21H26N2O2.ClH/c22-14-19-11-12-20(25-19)21(24)23-15-18(17-9-5-2-6-10-17)13-16-7-3-1-4-8-16;/h1-10,18-20H,11-15,22H2,(H,23,24);1H/t18?,19-,20+;/m1./s1. The van der Waals surface area contributed by atoms with Crippen molar-refractivity contribution in [1.82, 2.24) is 5.32 Å². The van der Waals surface area contributed by atoms with E-state index in [-0.39, 0.29) is 36.4 Å². The van der Waals surface area contributed by atoms with Gasteiger partial charge < -0.3 is 15.8 Å². The van der Waals surface area contributed by atoms with Gasteiger partial charge in [0.1, 0.15) is 6.10 Å². The summed E-state index contributed by atoms with van der Waals surface area (Å²) >= 11 is 0. The maximum Gasteiger partial charge on any atom is 0.249 e. The Morgan fingerprint density at radius 2 is 1.73 bits per heavy atom. The zero-order valence-corrected chi connectivity index (χ0v) is 15.7. The fourth-order valence-electron chi connectivity index (χ4n) is 3.34. The highest BCUT2D eigenvalue weighted by molar-refractivity contribution is 5.85. The predicted octanol–water partition coefficient (Wildman–Crippen LogP) is 3.06. The summed E-state index contributed by atoms with van der Waals surface area (Å²) in [5.74, 6) is 0.212. The molecular weight excluding hydrogens is 348 g/mol. The Hall–Kier alpha value is -1.88. The quantitative estimate of drug-likeness (QED) is 0.782. The van der Waals surface area contributed by atoms with Crippen LogP contribution >= 0.6 is 12.4 Å². The van der Waals surface area contributed by atoms with E-state index < -0.39 is 0 Å². The zero-order valence-electron chi connectivity index (χ0n) is 14.8. The molecule has 3 rings (SSSR count). The zero-order chi connectivity index (χ0) is 17.5. The summed E-state index contributed by atoms with van der Waals surface area (Å²) in [6, 6.07) is 20.7. The van der Waals surface area contributed by atoms with Gasteiger partial charge in [0.05, 0.1) is 6.10 Å². The molecule has 3 N–H and O–H groups in total. The predicted molar refractivity (Wildman–Crippen MR) is 107 cm³/mol. The molecule has 1 heterocycles. The van der Waals surface area contributed by atoms with Gasteiger partial charge in [-0.15, -0.1) is 12.4 Å². The average Bonchev–Trinajstić information content (AvgIpc) is 3.16. The molecule has 0 spiro atoms. The molecule has 1 amide bonds. The second kappa shape index (κ2) is 10.3. The first-order valence-corrected chi connectivity index (χ1v) is 8.98. The number of carbonyl (C=O) groups excluding carboxylic acids is 1. The van der Waals surface area contributed by atoms with Gasteiger partial charge >= 0.3 is 0 Å². The lowest BCUT2D eigenvalue weighted by atomic mass is 9.92. The number of nitrogens with two attached hydrogens (primary N) is 1. The van der Waals surface area contributed by atoms with E-state index in [1.165, 1.54) is 11.1 Å². The third-order valence-corrected chi connectivity index (χ3v) is 4.78. The number of halogens is 1. The van der Waals surface area contributed by atoms with Crippen LogP contribution in [0, 0.1) is 0 Å². The van der Waals surface area contributed by atoms with Crippen LogP contribution in [0.25, 0.3) is 0 Å². The molecule has 140 valence electrons. The maximum atomic E-state index is 12.4. The second-order valence-corrected chi connectivity index (χ2v) is 6.60. The van der Waals surface area contributed by atoms with E-state index in [2.05, 4.69) is 41.7 Å². The average molecular weight is 375 g/mol. The Morgan fingerprint density at radius 1 is 1.08 bits per heavy atom. The number of carbonyl (C=O) groups is 1. The van der Waals surface area contributed by atoms with Gasteiger partial charge in [0, 0.05) is 19.0 Å². The first-order valence-electron chi connectivity index (χ1n) is 8.98. The molecular formula is C21H27ClN2O2. The van der Waals surface area contributed by atoms with Gasteiger partial charge in [0.15, 0.2) is 0 Å². The van der Waals surface area contributed by atoms with Crippen molar-refractivity contribution in [3.05, 3.63) is 71.8 Å². The van der Waals surface area contributed by atoms with Crippen molar-refractivity contribution >= 4 is 18.3 Å². The molecule has 1 saturated heterocycles. The first-order chi connectivity index (χ1) is 12.3. The Bertz CT molecular complexity index is 666. The SMILES string of the molecule is Cl.NC[C@H]1CC[C@@H](C(=O)NCC(Cc2ccccc2)c2ccccc2)O1. The molecule has 1 aliphatic rings. The molecule has 0 aliphatic carbocycles. The minimum Gasteiger partial charge on any atom is -0.364 e. The molecule has 0 bridgehead atoms. The number of rotatable bonds is 7. The summed E-state index contributed by atoms with van der Waals surface area (Å²) in [4.78, 5) is 12.4. The highest BCUT2D eigenvalue weighted by atomic mass is 35.5. The van der Waals surface area contributed by atoms with Gasteiger partial charge in [0.25, 0.3) is 0 Å². The molecule has 1 fully saturated rings. The van der Waals surface area contributed by atoms with Crippen LogP contribution in [0.1, 0.15) is 29.9 Å². The lowest BCUT2D eigenvalue weighted by Gasteiger charge is -2.20. The normalized spacial score (nSPS) is 20.2. The van der Waals surface area contributed by atoms with Crippen molar-refractivity contribution < 1.29 is 9.53 Å². The van der Waals surface area contributed by atoms with Crippen molar-refractivity contribution in [1.29, 1.82) is 0 Å². The van der Waals surface area contributed by atoms with E-state index in [1.54, 1.807) is 0 Å². The van der Waals surface area contributed by atoms with Crippen LogP contribution in [0.4, 0.5) is 0 Å².